The van der Waals surface area contributed by atoms with E-state index in [0.717, 1.165) is 4.47 Å². The number of hydrogen-bond donors (Lipinski definition) is 1. The van der Waals surface area contributed by atoms with Crippen LogP contribution in [-0.2, 0) is 20.4 Å². The van der Waals surface area contributed by atoms with Gasteiger partial charge in [-0.1, -0.05) is 34.1 Å². The lowest BCUT2D eigenvalue weighted by Crippen LogP contribution is -2.24. The summed E-state index contributed by atoms with van der Waals surface area (Å²) in [6, 6.07) is 12.0. The third kappa shape index (κ3) is 5.28. The number of amides is 1. The smallest absolute Gasteiger partial charge is 0.240 e. The predicted octanol–water partition coefficient (Wildman–Crippen LogP) is 2.40. The Bertz CT molecular complexity index is 733. The molecule has 0 saturated carbocycles. The zero-order valence-electron chi connectivity index (χ0n) is 11.0. The summed E-state index contributed by atoms with van der Waals surface area (Å²) >= 11 is 3.28. The van der Waals surface area contributed by atoms with Crippen LogP contribution in [0.3, 0.4) is 0 Å². The summed E-state index contributed by atoms with van der Waals surface area (Å²) in [6.45, 7) is 0. The molecule has 0 unspecified atom stereocenters. The van der Waals surface area contributed by atoms with Gasteiger partial charge in [-0.25, -0.2) is 13.4 Å². The minimum atomic E-state index is -3.53. The molecule has 0 aliphatic heterocycles. The second-order valence-electron chi connectivity index (χ2n) is 4.43. The molecule has 7 heteroatoms. The lowest BCUT2D eigenvalue weighted by atomic mass is 10.2. The molecule has 5 nitrogen and oxygen atoms in total. The van der Waals surface area contributed by atoms with E-state index < -0.39 is 21.5 Å². The highest BCUT2D eigenvalue weighted by Gasteiger charge is 2.18. The number of carbonyl (C=O) groups excluding carboxylic acids is 1. The van der Waals surface area contributed by atoms with Crippen molar-refractivity contribution in [2.75, 3.05) is 11.1 Å². The molecule has 0 spiro atoms. The topological polar surface area (TPSA) is 76.1 Å². The summed E-state index contributed by atoms with van der Waals surface area (Å²) in [6.07, 6.45) is 1.52. The van der Waals surface area contributed by atoms with Gasteiger partial charge in [0, 0.05) is 10.7 Å². The molecule has 110 valence electrons. The lowest BCUT2D eigenvalue weighted by Gasteiger charge is -2.06. The molecule has 0 radical (unpaired) electrons. The first-order valence-corrected chi connectivity index (χ1v) is 8.72. The average molecular weight is 369 g/mol. The highest BCUT2D eigenvalue weighted by Crippen LogP contribution is 2.14. The number of aromatic nitrogens is 1. The molecule has 1 aromatic carbocycles. The van der Waals surface area contributed by atoms with E-state index in [1.807, 2.05) is 6.07 Å². The second-order valence-corrected chi connectivity index (χ2v) is 7.41. The first-order chi connectivity index (χ1) is 9.94. The van der Waals surface area contributed by atoms with Crippen LogP contribution < -0.4 is 5.32 Å². The maximum absolute atomic E-state index is 12.0. The van der Waals surface area contributed by atoms with E-state index in [1.54, 1.807) is 36.4 Å². The lowest BCUT2D eigenvalue weighted by molar-refractivity contribution is -0.113. The number of pyridine rings is 1. The van der Waals surface area contributed by atoms with Crippen LogP contribution in [0.15, 0.2) is 53.1 Å². The van der Waals surface area contributed by atoms with E-state index in [1.165, 1.54) is 6.20 Å². The molecule has 2 aromatic rings. The largest absolute Gasteiger partial charge is 0.310 e. The number of benzene rings is 1. The molecule has 1 heterocycles. The molecule has 1 N–H and O–H groups in total. The van der Waals surface area contributed by atoms with Crippen LogP contribution in [0.1, 0.15) is 5.56 Å². The fraction of sp³-hybridized carbons (Fsp3) is 0.143. The quantitative estimate of drug-likeness (QED) is 0.878. The van der Waals surface area contributed by atoms with E-state index >= 15 is 0 Å². The number of nitrogens with one attached hydrogen (secondary N) is 1. The van der Waals surface area contributed by atoms with Gasteiger partial charge in [-0.05, 0) is 29.8 Å². The van der Waals surface area contributed by atoms with Crippen LogP contribution in [0, 0.1) is 0 Å². The average Bonchev–Trinajstić information content (AvgIpc) is 2.38. The number of nitrogens with zero attached hydrogens (tertiary/aromatic N) is 1. The summed E-state index contributed by atoms with van der Waals surface area (Å²) < 4.78 is 24.8. The van der Waals surface area contributed by atoms with Crippen molar-refractivity contribution in [2.45, 2.75) is 5.75 Å². The summed E-state index contributed by atoms with van der Waals surface area (Å²) in [4.78, 5) is 15.7. The summed E-state index contributed by atoms with van der Waals surface area (Å²) in [5.41, 5.74) is 0.634. The van der Waals surface area contributed by atoms with E-state index in [4.69, 9.17) is 0 Å². The van der Waals surface area contributed by atoms with E-state index in [2.05, 4.69) is 26.2 Å². The van der Waals surface area contributed by atoms with Crippen LogP contribution in [0.4, 0.5) is 5.82 Å². The maximum Gasteiger partial charge on any atom is 0.240 e. The molecule has 1 amide bonds. The Labute approximate surface area is 131 Å². The van der Waals surface area contributed by atoms with Crippen LogP contribution in [0.5, 0.6) is 0 Å². The maximum atomic E-state index is 12.0. The number of rotatable bonds is 5. The number of anilines is 1. The standard InChI is InChI=1S/C14H13BrN2O3S/c15-12-5-3-4-11(8-12)9-21(19,20)10-14(18)17-13-6-1-2-7-16-13/h1-8H,9-10H2,(H,16,17,18). The first-order valence-electron chi connectivity index (χ1n) is 6.10. The Morgan fingerprint density at radius 3 is 2.67 bits per heavy atom. The number of hydrogen-bond acceptors (Lipinski definition) is 4. The summed E-state index contributed by atoms with van der Waals surface area (Å²) in [5, 5.41) is 2.46. The van der Waals surface area contributed by atoms with E-state index in [-0.39, 0.29) is 5.75 Å². The molecule has 21 heavy (non-hydrogen) atoms. The fourth-order valence-electron chi connectivity index (χ4n) is 1.75. The van der Waals surface area contributed by atoms with Gasteiger partial charge in [0.05, 0.1) is 5.75 Å². The van der Waals surface area contributed by atoms with Crippen molar-refractivity contribution < 1.29 is 13.2 Å². The third-order valence-corrected chi connectivity index (χ3v) is 4.53. The normalized spacial score (nSPS) is 11.1. The minimum absolute atomic E-state index is 0.178. The van der Waals surface area contributed by atoms with Crippen LogP contribution in [0.2, 0.25) is 0 Å². The van der Waals surface area contributed by atoms with Gasteiger partial charge < -0.3 is 5.32 Å². The monoisotopic (exact) mass is 368 g/mol. The van der Waals surface area contributed by atoms with Crippen molar-refractivity contribution in [3.8, 4) is 0 Å². The van der Waals surface area contributed by atoms with Gasteiger partial charge in [0.15, 0.2) is 9.84 Å². The minimum Gasteiger partial charge on any atom is -0.310 e. The number of halogens is 1. The molecular formula is C14H13BrN2O3S. The van der Waals surface area contributed by atoms with E-state index in [9.17, 15) is 13.2 Å². The first kappa shape index (κ1) is 15.7. The van der Waals surface area contributed by atoms with Crippen molar-refractivity contribution in [1.82, 2.24) is 4.98 Å². The SMILES string of the molecule is O=C(CS(=O)(=O)Cc1cccc(Br)c1)Nc1ccccn1. The van der Waals surface area contributed by atoms with Crippen LogP contribution in [-0.4, -0.2) is 25.1 Å². The van der Waals surface area contributed by atoms with Crippen molar-refractivity contribution in [3.63, 3.8) is 0 Å². The number of carbonyl (C=O) groups is 1. The van der Waals surface area contributed by atoms with Crippen molar-refractivity contribution in [1.29, 1.82) is 0 Å². The van der Waals surface area contributed by atoms with Crippen LogP contribution in [0.25, 0.3) is 0 Å². The van der Waals surface area contributed by atoms with Crippen molar-refractivity contribution in [2.24, 2.45) is 0 Å². The Morgan fingerprint density at radius 2 is 2.00 bits per heavy atom. The van der Waals surface area contributed by atoms with Crippen LogP contribution >= 0.6 is 15.9 Å². The Hall–Kier alpha value is -1.73. The predicted molar refractivity (Wildman–Crippen MR) is 84.5 cm³/mol. The Kier molecular flexibility index (Phi) is 5.08. The molecule has 0 aliphatic rings. The molecule has 2 rings (SSSR count). The van der Waals surface area contributed by atoms with E-state index in [0.29, 0.717) is 11.4 Å². The molecule has 0 fully saturated rings. The molecule has 1 aromatic heterocycles. The van der Waals surface area contributed by atoms with Gasteiger partial charge in [0.2, 0.25) is 5.91 Å². The molecule has 0 bridgehead atoms. The molecular weight excluding hydrogens is 356 g/mol. The van der Waals surface area contributed by atoms with Gasteiger partial charge in [-0.2, -0.15) is 0 Å². The van der Waals surface area contributed by atoms with Gasteiger partial charge in [-0.3, -0.25) is 4.79 Å². The Morgan fingerprint density at radius 1 is 1.19 bits per heavy atom. The summed E-state index contributed by atoms with van der Waals surface area (Å²) in [5.74, 6) is -1.01. The number of sulfone groups is 1. The van der Waals surface area contributed by atoms with Gasteiger partial charge in [-0.15, -0.1) is 0 Å². The molecule has 0 saturated heterocycles. The van der Waals surface area contributed by atoms with Crippen molar-refractivity contribution in [3.05, 3.63) is 58.7 Å². The zero-order valence-corrected chi connectivity index (χ0v) is 13.4. The second kappa shape index (κ2) is 6.82. The molecule has 0 atom stereocenters. The highest BCUT2D eigenvalue weighted by molar-refractivity contribution is 9.10. The van der Waals surface area contributed by atoms with Gasteiger partial charge in [0.1, 0.15) is 11.6 Å². The Balaban J connectivity index is 1.99. The zero-order chi connectivity index (χ0) is 15.3. The summed E-state index contributed by atoms with van der Waals surface area (Å²) in [7, 11) is -3.53. The fourth-order valence-corrected chi connectivity index (χ4v) is 3.45. The highest BCUT2D eigenvalue weighted by atomic mass is 79.9. The van der Waals surface area contributed by atoms with Gasteiger partial charge >= 0.3 is 0 Å². The third-order valence-electron chi connectivity index (χ3n) is 2.56. The van der Waals surface area contributed by atoms with Gasteiger partial charge in [0.25, 0.3) is 0 Å². The molecule has 0 aliphatic carbocycles. The van der Waals surface area contributed by atoms with Crippen molar-refractivity contribution >= 4 is 37.5 Å².